The Bertz CT molecular complexity index is 346. The van der Waals surface area contributed by atoms with Gasteiger partial charge in [-0.2, -0.15) is 13.2 Å². The van der Waals surface area contributed by atoms with Gasteiger partial charge in [-0.05, 0) is 31.5 Å². The number of anilines is 1. The van der Waals surface area contributed by atoms with E-state index in [-0.39, 0.29) is 6.54 Å². The molecule has 5 heteroatoms. The van der Waals surface area contributed by atoms with Crippen LogP contribution in [0.1, 0.15) is 25.5 Å². The van der Waals surface area contributed by atoms with Gasteiger partial charge in [0.05, 0.1) is 6.10 Å². The number of hydrogen-bond donors (Lipinski definition) is 1. The van der Waals surface area contributed by atoms with Crippen LogP contribution in [-0.4, -0.2) is 24.4 Å². The van der Waals surface area contributed by atoms with E-state index in [4.69, 9.17) is 0 Å². The lowest BCUT2D eigenvalue weighted by atomic mass is 10.1. The predicted molar refractivity (Wildman–Crippen MR) is 61.0 cm³/mol. The highest BCUT2D eigenvalue weighted by Gasteiger charge is 2.30. The van der Waals surface area contributed by atoms with Gasteiger partial charge in [-0.25, -0.2) is 0 Å². The van der Waals surface area contributed by atoms with Crippen LogP contribution in [0.3, 0.4) is 0 Å². The molecule has 0 aromatic heterocycles. The van der Waals surface area contributed by atoms with E-state index in [0.29, 0.717) is 11.3 Å². The number of benzene rings is 1. The molecule has 96 valence electrons. The van der Waals surface area contributed by atoms with E-state index in [2.05, 4.69) is 0 Å². The molecule has 1 aromatic rings. The summed E-state index contributed by atoms with van der Waals surface area (Å²) in [4.78, 5) is 1.24. The van der Waals surface area contributed by atoms with Crippen LogP contribution >= 0.6 is 0 Å². The van der Waals surface area contributed by atoms with Gasteiger partial charge in [-0.1, -0.05) is 12.1 Å². The molecule has 0 saturated carbocycles. The lowest BCUT2D eigenvalue weighted by Crippen LogP contribution is -2.34. The maximum absolute atomic E-state index is 12.3. The minimum Gasteiger partial charge on any atom is -0.389 e. The number of rotatable bonds is 4. The Morgan fingerprint density at radius 2 is 1.76 bits per heavy atom. The largest absolute Gasteiger partial charge is 0.405 e. The van der Waals surface area contributed by atoms with E-state index >= 15 is 0 Å². The molecule has 0 heterocycles. The molecule has 0 spiro atoms. The second-order valence-corrected chi connectivity index (χ2v) is 3.90. The van der Waals surface area contributed by atoms with Gasteiger partial charge >= 0.3 is 6.18 Å². The Hall–Kier alpha value is -1.23. The van der Waals surface area contributed by atoms with E-state index < -0.39 is 18.8 Å². The van der Waals surface area contributed by atoms with E-state index in [1.165, 1.54) is 4.90 Å². The van der Waals surface area contributed by atoms with Crippen LogP contribution in [0.2, 0.25) is 0 Å². The summed E-state index contributed by atoms with van der Waals surface area (Å²) >= 11 is 0. The molecule has 0 aliphatic rings. The van der Waals surface area contributed by atoms with Gasteiger partial charge in [-0.15, -0.1) is 0 Å². The number of alkyl halides is 3. The van der Waals surface area contributed by atoms with Crippen molar-refractivity contribution in [1.29, 1.82) is 0 Å². The highest BCUT2D eigenvalue weighted by atomic mass is 19.4. The summed E-state index contributed by atoms with van der Waals surface area (Å²) in [5.74, 6) is 0. The van der Waals surface area contributed by atoms with Crippen LogP contribution in [0, 0.1) is 0 Å². The Morgan fingerprint density at radius 1 is 1.24 bits per heavy atom. The van der Waals surface area contributed by atoms with Gasteiger partial charge in [0.15, 0.2) is 0 Å². The molecule has 0 saturated heterocycles. The van der Waals surface area contributed by atoms with Crippen molar-refractivity contribution in [2.24, 2.45) is 0 Å². The fourth-order valence-corrected chi connectivity index (χ4v) is 1.57. The number of aliphatic hydroxyl groups is 1. The fraction of sp³-hybridized carbons (Fsp3) is 0.500. The monoisotopic (exact) mass is 247 g/mol. The van der Waals surface area contributed by atoms with Crippen LogP contribution in [0.5, 0.6) is 0 Å². The lowest BCUT2D eigenvalue weighted by molar-refractivity contribution is -0.119. The summed E-state index contributed by atoms with van der Waals surface area (Å²) in [5.41, 5.74) is 1.20. The highest BCUT2D eigenvalue weighted by molar-refractivity contribution is 5.48. The zero-order valence-corrected chi connectivity index (χ0v) is 9.83. The van der Waals surface area contributed by atoms with Gasteiger partial charge in [0.2, 0.25) is 0 Å². The van der Waals surface area contributed by atoms with Crippen LogP contribution in [0.4, 0.5) is 18.9 Å². The quantitative estimate of drug-likeness (QED) is 0.883. The molecule has 2 nitrogen and oxygen atoms in total. The van der Waals surface area contributed by atoms with Crippen molar-refractivity contribution in [2.75, 3.05) is 18.0 Å². The standard InChI is InChI=1S/C12H16F3NO/c1-3-16(8-12(13,14)15)11-6-4-10(5-7-11)9(2)17/h4-7,9,17H,3,8H2,1-2H3. The minimum atomic E-state index is -4.21. The topological polar surface area (TPSA) is 23.5 Å². The molecule has 0 amide bonds. The van der Waals surface area contributed by atoms with Crippen molar-refractivity contribution in [1.82, 2.24) is 0 Å². The summed E-state index contributed by atoms with van der Waals surface area (Å²) in [6, 6.07) is 6.46. The fourth-order valence-electron chi connectivity index (χ4n) is 1.57. The number of aliphatic hydroxyl groups excluding tert-OH is 1. The molecule has 0 fully saturated rings. The molecule has 17 heavy (non-hydrogen) atoms. The molecule has 1 unspecified atom stereocenters. The third kappa shape index (κ3) is 4.26. The Balaban J connectivity index is 2.82. The molecule has 1 N–H and O–H groups in total. The first-order chi connectivity index (χ1) is 7.83. The highest BCUT2D eigenvalue weighted by Crippen LogP contribution is 2.23. The third-order valence-electron chi connectivity index (χ3n) is 2.49. The summed E-state index contributed by atoms with van der Waals surface area (Å²) < 4.78 is 36.9. The summed E-state index contributed by atoms with van der Waals surface area (Å²) in [6.07, 6.45) is -4.82. The van der Waals surface area contributed by atoms with Crippen molar-refractivity contribution in [3.63, 3.8) is 0 Å². The van der Waals surface area contributed by atoms with E-state index in [1.54, 1.807) is 38.1 Å². The van der Waals surface area contributed by atoms with Crippen molar-refractivity contribution in [2.45, 2.75) is 26.1 Å². The van der Waals surface area contributed by atoms with E-state index in [9.17, 15) is 18.3 Å². The van der Waals surface area contributed by atoms with Crippen molar-refractivity contribution in [3.05, 3.63) is 29.8 Å². The van der Waals surface area contributed by atoms with E-state index in [1.807, 2.05) is 0 Å². The first-order valence-electron chi connectivity index (χ1n) is 5.43. The molecule has 1 aromatic carbocycles. The smallest absolute Gasteiger partial charge is 0.389 e. The Labute approximate surface area is 98.7 Å². The molecule has 0 radical (unpaired) electrons. The second kappa shape index (κ2) is 5.40. The zero-order chi connectivity index (χ0) is 13.1. The van der Waals surface area contributed by atoms with Gasteiger partial charge in [0.1, 0.15) is 6.54 Å². The zero-order valence-electron chi connectivity index (χ0n) is 9.83. The Morgan fingerprint density at radius 3 is 2.12 bits per heavy atom. The molecular weight excluding hydrogens is 231 g/mol. The summed E-state index contributed by atoms with van der Waals surface area (Å²) in [5, 5.41) is 9.30. The summed E-state index contributed by atoms with van der Waals surface area (Å²) in [7, 11) is 0. The maximum Gasteiger partial charge on any atom is 0.405 e. The Kier molecular flexibility index (Phi) is 4.40. The van der Waals surface area contributed by atoms with Crippen molar-refractivity contribution in [3.8, 4) is 0 Å². The van der Waals surface area contributed by atoms with Gasteiger partial charge < -0.3 is 10.0 Å². The first-order valence-corrected chi connectivity index (χ1v) is 5.43. The molecule has 1 atom stereocenters. The maximum atomic E-state index is 12.3. The number of halogens is 3. The first kappa shape index (κ1) is 13.8. The summed E-state index contributed by atoms with van der Waals surface area (Å²) in [6.45, 7) is 2.61. The van der Waals surface area contributed by atoms with Crippen LogP contribution < -0.4 is 4.90 Å². The van der Waals surface area contributed by atoms with Crippen LogP contribution in [0.25, 0.3) is 0 Å². The van der Waals surface area contributed by atoms with Crippen LogP contribution in [-0.2, 0) is 0 Å². The third-order valence-corrected chi connectivity index (χ3v) is 2.49. The average Bonchev–Trinajstić information content (AvgIpc) is 2.25. The normalized spacial score (nSPS) is 13.5. The van der Waals surface area contributed by atoms with Crippen LogP contribution in [0.15, 0.2) is 24.3 Å². The number of hydrogen-bond acceptors (Lipinski definition) is 2. The molecule has 0 aliphatic heterocycles. The van der Waals surface area contributed by atoms with E-state index in [0.717, 1.165) is 0 Å². The lowest BCUT2D eigenvalue weighted by Gasteiger charge is -2.24. The van der Waals surface area contributed by atoms with Gasteiger partial charge in [0, 0.05) is 12.2 Å². The van der Waals surface area contributed by atoms with Crippen molar-refractivity contribution >= 4 is 5.69 Å². The van der Waals surface area contributed by atoms with Crippen molar-refractivity contribution < 1.29 is 18.3 Å². The minimum absolute atomic E-state index is 0.285. The van der Waals surface area contributed by atoms with Gasteiger partial charge in [0.25, 0.3) is 0 Å². The second-order valence-electron chi connectivity index (χ2n) is 3.90. The SMILES string of the molecule is CCN(CC(F)(F)F)c1ccc(C(C)O)cc1. The molecule has 0 aliphatic carbocycles. The molecule has 0 bridgehead atoms. The molecular formula is C12H16F3NO. The number of nitrogens with zero attached hydrogens (tertiary/aromatic N) is 1. The molecule has 1 rings (SSSR count). The predicted octanol–water partition coefficient (Wildman–Crippen LogP) is 3.13. The van der Waals surface area contributed by atoms with Gasteiger partial charge in [-0.3, -0.25) is 0 Å². The average molecular weight is 247 g/mol.